The van der Waals surface area contributed by atoms with Gasteiger partial charge in [0.05, 0.1) is 12.5 Å². The second kappa shape index (κ2) is 5.86. The summed E-state index contributed by atoms with van der Waals surface area (Å²) in [5.74, 6) is 0.289. The summed E-state index contributed by atoms with van der Waals surface area (Å²) in [5.41, 5.74) is 2.73. The number of hydrogen-bond acceptors (Lipinski definition) is 3. The van der Waals surface area contributed by atoms with Crippen LogP contribution in [0, 0.1) is 11.3 Å². The molecule has 0 N–H and O–H groups in total. The first kappa shape index (κ1) is 14.9. The normalized spacial score (nSPS) is 29.9. The maximum Gasteiger partial charge on any atom is 0.303 e. The molecule has 3 atom stereocenters. The Bertz CT molecular complexity index is 486. The molecule has 1 aliphatic carbocycles. The van der Waals surface area contributed by atoms with Crippen LogP contribution in [0.2, 0.25) is 0 Å². The number of allylic oxidation sites excluding steroid dienone is 1. The van der Waals surface area contributed by atoms with E-state index in [1.54, 1.807) is 6.26 Å². The molecular formula is C17H24O3. The molecule has 3 nitrogen and oxygen atoms in total. The fourth-order valence-corrected chi connectivity index (χ4v) is 3.11. The lowest BCUT2D eigenvalue weighted by atomic mass is 9.64. The third-order valence-electron chi connectivity index (χ3n) is 4.84. The highest BCUT2D eigenvalue weighted by molar-refractivity contribution is 5.66. The Hall–Kier alpha value is -1.51. The van der Waals surface area contributed by atoms with Gasteiger partial charge in [0, 0.05) is 6.92 Å². The summed E-state index contributed by atoms with van der Waals surface area (Å²) >= 11 is 0. The number of esters is 1. The average Bonchev–Trinajstić information content (AvgIpc) is 2.86. The van der Waals surface area contributed by atoms with Crippen molar-refractivity contribution in [1.29, 1.82) is 0 Å². The maximum atomic E-state index is 11.1. The lowest BCUT2D eigenvalue weighted by Gasteiger charge is -2.42. The first-order chi connectivity index (χ1) is 9.41. The minimum Gasteiger partial charge on any atom is -0.472 e. The molecule has 0 aliphatic heterocycles. The Morgan fingerprint density at radius 1 is 1.55 bits per heavy atom. The second-order valence-electron chi connectivity index (χ2n) is 6.18. The maximum absolute atomic E-state index is 11.1. The van der Waals surface area contributed by atoms with Crippen LogP contribution < -0.4 is 0 Å². The van der Waals surface area contributed by atoms with Gasteiger partial charge < -0.3 is 9.15 Å². The third-order valence-corrected chi connectivity index (χ3v) is 4.84. The van der Waals surface area contributed by atoms with Crippen LogP contribution in [0.1, 0.15) is 46.1 Å². The summed E-state index contributed by atoms with van der Waals surface area (Å²) in [5, 5.41) is 0. The second-order valence-corrected chi connectivity index (χ2v) is 6.18. The predicted molar refractivity (Wildman–Crippen MR) is 78.2 cm³/mol. The van der Waals surface area contributed by atoms with Gasteiger partial charge in [0.25, 0.3) is 0 Å². The Balaban J connectivity index is 2.07. The molecule has 0 aromatic carbocycles. The highest BCUT2D eigenvalue weighted by Crippen LogP contribution is 2.45. The van der Waals surface area contributed by atoms with Crippen molar-refractivity contribution in [2.24, 2.45) is 11.3 Å². The monoisotopic (exact) mass is 276 g/mol. The number of carbonyl (C=O) groups is 1. The van der Waals surface area contributed by atoms with E-state index in [0.29, 0.717) is 5.92 Å². The quantitative estimate of drug-likeness (QED) is 0.613. The van der Waals surface area contributed by atoms with Crippen LogP contribution in [-0.2, 0) is 16.0 Å². The van der Waals surface area contributed by atoms with E-state index < -0.39 is 0 Å². The van der Waals surface area contributed by atoms with Gasteiger partial charge in [-0.15, -0.1) is 0 Å². The summed E-state index contributed by atoms with van der Waals surface area (Å²) in [6, 6.07) is 2.03. The van der Waals surface area contributed by atoms with Crippen molar-refractivity contribution < 1.29 is 13.9 Å². The fourth-order valence-electron chi connectivity index (χ4n) is 3.11. The first-order valence-electron chi connectivity index (χ1n) is 7.29. The zero-order chi connectivity index (χ0) is 14.8. The van der Waals surface area contributed by atoms with Gasteiger partial charge in [0.2, 0.25) is 0 Å². The van der Waals surface area contributed by atoms with Crippen molar-refractivity contribution in [3.63, 3.8) is 0 Å². The standard InChI is InChI=1S/C17H24O3/c1-12-9-16(20-14(3)18)10-13(2)17(12,4)7-5-15-6-8-19-11-15/h6,8-9,11,13,16H,5,7,10H2,1-4H3/t13-,16-,17-/m1/s1. The van der Waals surface area contributed by atoms with Gasteiger partial charge in [-0.2, -0.15) is 0 Å². The molecule has 0 fully saturated rings. The number of carbonyl (C=O) groups excluding carboxylic acids is 1. The Labute approximate surface area is 121 Å². The molecule has 1 aromatic heterocycles. The molecule has 3 heteroatoms. The van der Waals surface area contributed by atoms with Crippen molar-refractivity contribution in [3.05, 3.63) is 35.8 Å². The van der Waals surface area contributed by atoms with Crippen molar-refractivity contribution in [1.82, 2.24) is 0 Å². The SMILES string of the molecule is CC(=O)O[C@@H]1C=C(C)[C@@](C)(CCc2ccoc2)[C@H](C)C1. The fraction of sp³-hybridized carbons (Fsp3) is 0.588. The highest BCUT2D eigenvalue weighted by Gasteiger charge is 2.38. The van der Waals surface area contributed by atoms with Crippen LogP contribution in [0.4, 0.5) is 0 Å². The van der Waals surface area contributed by atoms with E-state index in [0.717, 1.165) is 19.3 Å². The Kier molecular flexibility index (Phi) is 4.36. The molecule has 0 bridgehead atoms. The number of ether oxygens (including phenoxy) is 1. The van der Waals surface area contributed by atoms with Gasteiger partial charge in [-0.05, 0) is 55.2 Å². The molecule has 1 aliphatic rings. The molecule has 2 rings (SSSR count). The number of aryl methyl sites for hydroxylation is 1. The van der Waals surface area contributed by atoms with Crippen LogP contribution in [0.15, 0.2) is 34.7 Å². The Morgan fingerprint density at radius 2 is 2.30 bits per heavy atom. The summed E-state index contributed by atoms with van der Waals surface area (Å²) in [6.07, 6.45) is 8.60. The molecule has 0 amide bonds. The predicted octanol–water partition coefficient (Wildman–Crippen LogP) is 4.14. The minimum atomic E-state index is -0.201. The van der Waals surface area contributed by atoms with Crippen LogP contribution in [0.3, 0.4) is 0 Å². The van der Waals surface area contributed by atoms with Crippen molar-refractivity contribution in [2.45, 2.75) is 53.1 Å². The van der Waals surface area contributed by atoms with E-state index in [-0.39, 0.29) is 17.5 Å². The van der Waals surface area contributed by atoms with Crippen LogP contribution >= 0.6 is 0 Å². The van der Waals surface area contributed by atoms with Crippen LogP contribution in [0.25, 0.3) is 0 Å². The highest BCUT2D eigenvalue weighted by atomic mass is 16.5. The van der Waals surface area contributed by atoms with E-state index >= 15 is 0 Å². The molecule has 0 radical (unpaired) electrons. The summed E-state index contributed by atoms with van der Waals surface area (Å²) in [6.45, 7) is 8.19. The summed E-state index contributed by atoms with van der Waals surface area (Å²) in [7, 11) is 0. The third kappa shape index (κ3) is 3.14. The topological polar surface area (TPSA) is 39.4 Å². The van der Waals surface area contributed by atoms with Gasteiger partial charge >= 0.3 is 5.97 Å². The van der Waals surface area contributed by atoms with Crippen molar-refractivity contribution >= 4 is 5.97 Å². The largest absolute Gasteiger partial charge is 0.472 e. The van der Waals surface area contributed by atoms with E-state index in [9.17, 15) is 4.79 Å². The molecule has 110 valence electrons. The summed E-state index contributed by atoms with van der Waals surface area (Å²) < 4.78 is 10.5. The summed E-state index contributed by atoms with van der Waals surface area (Å²) in [4.78, 5) is 11.1. The van der Waals surface area contributed by atoms with E-state index in [1.165, 1.54) is 18.1 Å². The van der Waals surface area contributed by atoms with Crippen LogP contribution in [0.5, 0.6) is 0 Å². The molecule has 0 saturated carbocycles. The first-order valence-corrected chi connectivity index (χ1v) is 7.29. The van der Waals surface area contributed by atoms with Gasteiger partial charge in [-0.25, -0.2) is 0 Å². The number of rotatable bonds is 4. The van der Waals surface area contributed by atoms with Crippen molar-refractivity contribution in [2.75, 3.05) is 0 Å². The minimum absolute atomic E-state index is 0.0653. The molecule has 0 saturated heterocycles. The molecule has 0 spiro atoms. The average molecular weight is 276 g/mol. The zero-order valence-electron chi connectivity index (χ0n) is 12.8. The molecule has 20 heavy (non-hydrogen) atoms. The molecule has 0 unspecified atom stereocenters. The van der Waals surface area contributed by atoms with Crippen molar-refractivity contribution in [3.8, 4) is 0 Å². The lowest BCUT2D eigenvalue weighted by Crippen LogP contribution is -2.36. The molecular weight excluding hydrogens is 252 g/mol. The van der Waals surface area contributed by atoms with Gasteiger partial charge in [-0.3, -0.25) is 4.79 Å². The number of hydrogen-bond donors (Lipinski definition) is 0. The molecule has 1 aromatic rings. The molecule has 1 heterocycles. The van der Waals surface area contributed by atoms with Gasteiger partial charge in [0.15, 0.2) is 0 Å². The smallest absolute Gasteiger partial charge is 0.303 e. The van der Waals surface area contributed by atoms with E-state index in [1.807, 2.05) is 12.3 Å². The lowest BCUT2D eigenvalue weighted by molar-refractivity contribution is -0.145. The van der Waals surface area contributed by atoms with E-state index in [4.69, 9.17) is 9.15 Å². The van der Waals surface area contributed by atoms with Gasteiger partial charge in [0.1, 0.15) is 6.10 Å². The van der Waals surface area contributed by atoms with E-state index in [2.05, 4.69) is 26.8 Å². The van der Waals surface area contributed by atoms with Gasteiger partial charge in [-0.1, -0.05) is 19.4 Å². The Morgan fingerprint density at radius 3 is 2.85 bits per heavy atom. The zero-order valence-corrected chi connectivity index (χ0v) is 12.8. The number of furan rings is 1. The van der Waals surface area contributed by atoms with Crippen LogP contribution in [-0.4, -0.2) is 12.1 Å².